The number of carbonyl (C=O) groups is 1. The van der Waals surface area contributed by atoms with Crippen LogP contribution in [0.3, 0.4) is 0 Å². The van der Waals surface area contributed by atoms with Crippen molar-refractivity contribution < 1.29 is 19.4 Å². The molecule has 0 spiro atoms. The van der Waals surface area contributed by atoms with Gasteiger partial charge in [0, 0.05) is 39.1 Å². The van der Waals surface area contributed by atoms with Crippen molar-refractivity contribution in [2.75, 3.05) is 40.4 Å². The van der Waals surface area contributed by atoms with Crippen LogP contribution in [-0.4, -0.2) is 68.5 Å². The molecule has 0 aliphatic heterocycles. The Morgan fingerprint density at radius 1 is 1.27 bits per heavy atom. The second-order valence-electron chi connectivity index (χ2n) is 6.64. The van der Waals surface area contributed by atoms with Crippen molar-refractivity contribution in [3.8, 4) is 11.5 Å². The number of amides is 1. The molecule has 1 unspecified atom stereocenters. The molecule has 1 aromatic rings. The van der Waals surface area contributed by atoms with E-state index in [-0.39, 0.29) is 12.5 Å². The molecule has 0 radical (unpaired) electrons. The molecule has 26 heavy (non-hydrogen) atoms. The third-order valence-corrected chi connectivity index (χ3v) is 4.04. The Bertz CT molecular complexity index is 552. The number of methoxy groups -OCH3 is 1. The molecule has 0 fully saturated rings. The van der Waals surface area contributed by atoms with Gasteiger partial charge in [0.1, 0.15) is 12.7 Å². The van der Waals surface area contributed by atoms with Crippen molar-refractivity contribution >= 4 is 5.91 Å². The summed E-state index contributed by atoms with van der Waals surface area (Å²) in [7, 11) is 3.57. The lowest BCUT2D eigenvalue weighted by atomic mass is 10.2. The number of likely N-dealkylation sites (N-methyl/N-ethyl adjacent to an activating group) is 1. The minimum Gasteiger partial charge on any atom is -0.493 e. The van der Waals surface area contributed by atoms with Crippen LogP contribution in [0.4, 0.5) is 0 Å². The fourth-order valence-corrected chi connectivity index (χ4v) is 2.28. The summed E-state index contributed by atoms with van der Waals surface area (Å²) in [6, 6.07) is 6.09. The van der Waals surface area contributed by atoms with Gasteiger partial charge in [0.15, 0.2) is 11.5 Å². The maximum absolute atomic E-state index is 10.8. The molecule has 3 N–H and O–H groups in total. The van der Waals surface area contributed by atoms with Gasteiger partial charge in [0.2, 0.25) is 5.91 Å². The lowest BCUT2D eigenvalue weighted by molar-refractivity contribution is -0.118. The quantitative estimate of drug-likeness (QED) is 0.478. The maximum atomic E-state index is 10.8. The van der Waals surface area contributed by atoms with Gasteiger partial charge in [-0.05, 0) is 38.6 Å². The van der Waals surface area contributed by atoms with E-state index in [9.17, 15) is 9.90 Å². The SMILES string of the molecule is COc1cc(CNCCNC(C)=O)ccc1OCC(O)CN(C)C(C)C. The molecule has 0 aliphatic rings. The molecule has 7 nitrogen and oxygen atoms in total. The second kappa shape index (κ2) is 11.7. The summed E-state index contributed by atoms with van der Waals surface area (Å²) in [5.41, 5.74) is 1.05. The fourth-order valence-electron chi connectivity index (χ4n) is 2.28. The van der Waals surface area contributed by atoms with E-state index >= 15 is 0 Å². The van der Waals surface area contributed by atoms with Crippen LogP contribution in [0, 0.1) is 0 Å². The molecule has 1 aromatic carbocycles. The smallest absolute Gasteiger partial charge is 0.216 e. The lowest BCUT2D eigenvalue weighted by Gasteiger charge is -2.24. The van der Waals surface area contributed by atoms with E-state index in [1.807, 2.05) is 25.2 Å². The summed E-state index contributed by atoms with van der Waals surface area (Å²) in [5, 5.41) is 16.1. The average Bonchev–Trinajstić information content (AvgIpc) is 2.59. The first-order valence-corrected chi connectivity index (χ1v) is 8.96. The highest BCUT2D eigenvalue weighted by Crippen LogP contribution is 2.28. The Morgan fingerprint density at radius 2 is 2.00 bits per heavy atom. The molecule has 0 aliphatic carbocycles. The standard InChI is InChI=1S/C19H33N3O4/c1-14(2)22(4)12-17(24)13-26-18-7-6-16(10-19(18)25-5)11-20-8-9-21-15(3)23/h6-7,10,14,17,20,24H,8-9,11-13H2,1-5H3,(H,21,23). The predicted molar refractivity (Wildman–Crippen MR) is 103 cm³/mol. The number of aliphatic hydroxyl groups is 1. The zero-order valence-electron chi connectivity index (χ0n) is 16.5. The third-order valence-electron chi connectivity index (χ3n) is 4.04. The van der Waals surface area contributed by atoms with Crippen LogP contribution in [-0.2, 0) is 11.3 Å². The van der Waals surface area contributed by atoms with E-state index in [2.05, 4.69) is 29.4 Å². The third kappa shape index (κ3) is 8.51. The van der Waals surface area contributed by atoms with Crippen LogP contribution < -0.4 is 20.1 Å². The highest BCUT2D eigenvalue weighted by atomic mass is 16.5. The zero-order valence-corrected chi connectivity index (χ0v) is 16.5. The van der Waals surface area contributed by atoms with Crippen molar-refractivity contribution in [1.29, 1.82) is 0 Å². The average molecular weight is 367 g/mol. The summed E-state index contributed by atoms with van der Waals surface area (Å²) < 4.78 is 11.1. The fraction of sp³-hybridized carbons (Fsp3) is 0.632. The normalized spacial score (nSPS) is 12.3. The molecule has 1 rings (SSSR count). The minimum absolute atomic E-state index is 0.0308. The summed E-state index contributed by atoms with van der Waals surface area (Å²) in [4.78, 5) is 12.9. The van der Waals surface area contributed by atoms with Crippen molar-refractivity contribution in [3.63, 3.8) is 0 Å². The number of hydrogen-bond donors (Lipinski definition) is 3. The van der Waals surface area contributed by atoms with E-state index in [4.69, 9.17) is 9.47 Å². The second-order valence-corrected chi connectivity index (χ2v) is 6.64. The minimum atomic E-state index is -0.567. The first-order chi connectivity index (χ1) is 12.3. The number of carbonyl (C=O) groups excluding carboxylic acids is 1. The highest BCUT2D eigenvalue weighted by Gasteiger charge is 2.13. The Kier molecular flexibility index (Phi) is 10.0. The van der Waals surface area contributed by atoms with Gasteiger partial charge in [-0.3, -0.25) is 4.79 Å². The molecule has 1 amide bonds. The van der Waals surface area contributed by atoms with Crippen LogP contribution in [0.1, 0.15) is 26.3 Å². The van der Waals surface area contributed by atoms with E-state index in [1.165, 1.54) is 6.92 Å². The van der Waals surface area contributed by atoms with Crippen LogP contribution in [0.2, 0.25) is 0 Å². The molecule has 0 aromatic heterocycles. The highest BCUT2D eigenvalue weighted by molar-refractivity contribution is 5.72. The van der Waals surface area contributed by atoms with E-state index in [0.29, 0.717) is 43.7 Å². The number of nitrogens with zero attached hydrogens (tertiary/aromatic N) is 1. The van der Waals surface area contributed by atoms with Crippen molar-refractivity contribution in [2.45, 2.75) is 39.5 Å². The van der Waals surface area contributed by atoms with Crippen molar-refractivity contribution in [2.24, 2.45) is 0 Å². The number of benzene rings is 1. The van der Waals surface area contributed by atoms with Crippen molar-refractivity contribution in [3.05, 3.63) is 23.8 Å². The molecule has 0 saturated carbocycles. The van der Waals surface area contributed by atoms with Gasteiger partial charge in [-0.1, -0.05) is 6.07 Å². The van der Waals surface area contributed by atoms with E-state index < -0.39 is 6.10 Å². The Morgan fingerprint density at radius 3 is 2.62 bits per heavy atom. The summed E-state index contributed by atoms with van der Waals surface area (Å²) in [6.07, 6.45) is -0.567. The number of aliphatic hydroxyl groups excluding tert-OH is 1. The summed E-state index contributed by atoms with van der Waals surface area (Å²) >= 11 is 0. The number of nitrogens with one attached hydrogen (secondary N) is 2. The largest absolute Gasteiger partial charge is 0.493 e. The molecule has 0 saturated heterocycles. The van der Waals surface area contributed by atoms with E-state index in [1.54, 1.807) is 7.11 Å². The molecule has 148 valence electrons. The Balaban J connectivity index is 2.48. The molecule has 0 bridgehead atoms. The Labute approximate surface area is 156 Å². The molecule has 7 heteroatoms. The van der Waals surface area contributed by atoms with E-state index in [0.717, 1.165) is 5.56 Å². The zero-order chi connectivity index (χ0) is 19.5. The van der Waals surface area contributed by atoms with Crippen molar-refractivity contribution in [1.82, 2.24) is 15.5 Å². The first-order valence-electron chi connectivity index (χ1n) is 8.96. The van der Waals surface area contributed by atoms with Gasteiger partial charge in [-0.2, -0.15) is 0 Å². The lowest BCUT2D eigenvalue weighted by Crippen LogP contribution is -2.36. The van der Waals surface area contributed by atoms with Gasteiger partial charge >= 0.3 is 0 Å². The van der Waals surface area contributed by atoms with Crippen LogP contribution in [0.5, 0.6) is 11.5 Å². The maximum Gasteiger partial charge on any atom is 0.216 e. The van der Waals surface area contributed by atoms with Crippen LogP contribution in [0.15, 0.2) is 18.2 Å². The first kappa shape index (κ1) is 22.2. The van der Waals surface area contributed by atoms with Gasteiger partial charge in [0.05, 0.1) is 7.11 Å². The molecule has 0 heterocycles. The van der Waals surface area contributed by atoms with Crippen LogP contribution in [0.25, 0.3) is 0 Å². The van der Waals surface area contributed by atoms with Gasteiger partial charge in [-0.25, -0.2) is 0 Å². The number of hydrogen-bond acceptors (Lipinski definition) is 6. The van der Waals surface area contributed by atoms with Gasteiger partial charge in [0.25, 0.3) is 0 Å². The van der Waals surface area contributed by atoms with Gasteiger partial charge < -0.3 is 30.1 Å². The topological polar surface area (TPSA) is 83.1 Å². The Hall–Kier alpha value is -1.83. The monoisotopic (exact) mass is 367 g/mol. The summed E-state index contributed by atoms with van der Waals surface area (Å²) in [6.45, 7) is 8.38. The number of ether oxygens (including phenoxy) is 2. The predicted octanol–water partition coefficient (Wildman–Crippen LogP) is 1.00. The number of rotatable bonds is 12. The van der Waals surface area contributed by atoms with Gasteiger partial charge in [-0.15, -0.1) is 0 Å². The van der Waals surface area contributed by atoms with Crippen LogP contribution >= 0.6 is 0 Å². The molecular weight excluding hydrogens is 334 g/mol. The summed E-state index contributed by atoms with van der Waals surface area (Å²) in [5.74, 6) is 1.22. The molecular formula is C19H33N3O4. The molecule has 1 atom stereocenters.